The number of carbonyl (C=O) groups is 2. The number of rotatable bonds is 12. The highest BCUT2D eigenvalue weighted by Crippen LogP contribution is 2.33. The van der Waals surface area contributed by atoms with Crippen LogP contribution in [0.25, 0.3) is 0 Å². The van der Waals surface area contributed by atoms with Crippen molar-refractivity contribution < 1.29 is 24.9 Å². The number of aliphatic hydroxyl groups excluding tert-OH is 2. The van der Waals surface area contributed by atoms with Gasteiger partial charge in [-0.3, -0.25) is 9.59 Å². The standard InChI is InChI=1S/C22H32O5/c1-2-3-4-5-6-8-11-17(23)14-15-19-18(20(24)16-21(19)25)12-9-7-10-13-22(26)27/h3-4,6-9,14-15,17-19,21,23,25H,2,5,10-13,16H2,1H3,(H,26,27). The number of hydrogen-bond donors (Lipinski definition) is 3. The summed E-state index contributed by atoms with van der Waals surface area (Å²) in [5.41, 5.74) is 0. The molecule has 1 saturated carbocycles. The fraction of sp³-hybridized carbons (Fsp3) is 0.545. The molecular formula is C22H32O5. The summed E-state index contributed by atoms with van der Waals surface area (Å²) in [4.78, 5) is 22.6. The summed E-state index contributed by atoms with van der Waals surface area (Å²) in [7, 11) is 0. The molecular weight excluding hydrogens is 344 g/mol. The molecule has 1 fully saturated rings. The summed E-state index contributed by atoms with van der Waals surface area (Å²) >= 11 is 0. The minimum absolute atomic E-state index is 0.0112. The maximum Gasteiger partial charge on any atom is 0.303 e. The fourth-order valence-corrected chi connectivity index (χ4v) is 3.10. The molecule has 150 valence electrons. The molecule has 5 nitrogen and oxygen atoms in total. The first-order valence-corrected chi connectivity index (χ1v) is 9.69. The zero-order valence-electron chi connectivity index (χ0n) is 16.0. The van der Waals surface area contributed by atoms with Crippen LogP contribution < -0.4 is 0 Å². The first-order valence-electron chi connectivity index (χ1n) is 9.69. The van der Waals surface area contributed by atoms with Gasteiger partial charge < -0.3 is 15.3 Å². The molecule has 0 amide bonds. The van der Waals surface area contributed by atoms with E-state index in [-0.39, 0.29) is 30.5 Å². The van der Waals surface area contributed by atoms with Gasteiger partial charge in [0.25, 0.3) is 0 Å². The average Bonchev–Trinajstić information content (AvgIpc) is 2.88. The molecule has 1 aliphatic carbocycles. The Labute approximate surface area is 161 Å². The van der Waals surface area contributed by atoms with Crippen LogP contribution in [-0.2, 0) is 9.59 Å². The van der Waals surface area contributed by atoms with E-state index in [4.69, 9.17) is 5.11 Å². The van der Waals surface area contributed by atoms with Gasteiger partial charge in [0.15, 0.2) is 0 Å². The first-order chi connectivity index (χ1) is 13.0. The molecule has 0 aliphatic heterocycles. The second-order valence-electron chi connectivity index (χ2n) is 6.84. The Morgan fingerprint density at radius 1 is 1.19 bits per heavy atom. The van der Waals surface area contributed by atoms with Gasteiger partial charge in [-0.1, -0.05) is 55.5 Å². The van der Waals surface area contributed by atoms with Crippen LogP contribution >= 0.6 is 0 Å². The van der Waals surface area contributed by atoms with E-state index in [1.807, 2.05) is 18.2 Å². The Kier molecular flexibility index (Phi) is 11.3. The predicted molar refractivity (Wildman–Crippen MR) is 106 cm³/mol. The third kappa shape index (κ3) is 9.50. The molecule has 0 aromatic rings. The van der Waals surface area contributed by atoms with Crippen molar-refractivity contribution in [2.45, 2.75) is 64.1 Å². The molecule has 0 saturated heterocycles. The molecule has 27 heavy (non-hydrogen) atoms. The minimum atomic E-state index is -0.850. The topological polar surface area (TPSA) is 94.8 Å². The summed E-state index contributed by atoms with van der Waals surface area (Å²) in [6.45, 7) is 2.08. The largest absolute Gasteiger partial charge is 0.481 e. The SMILES string of the molecule is CCC=CCC=CCC(O)C=CC1C(O)CC(=O)C1CC=CCCC(=O)O. The zero-order valence-corrected chi connectivity index (χ0v) is 16.0. The van der Waals surface area contributed by atoms with Crippen molar-refractivity contribution in [2.75, 3.05) is 0 Å². The van der Waals surface area contributed by atoms with Gasteiger partial charge in [-0.25, -0.2) is 0 Å². The normalized spacial score (nSPS) is 24.9. The number of carbonyl (C=O) groups excluding carboxylic acids is 1. The molecule has 5 heteroatoms. The van der Waals surface area contributed by atoms with E-state index in [9.17, 15) is 19.8 Å². The van der Waals surface area contributed by atoms with E-state index in [0.29, 0.717) is 19.3 Å². The maximum absolute atomic E-state index is 12.1. The Morgan fingerprint density at radius 2 is 1.93 bits per heavy atom. The van der Waals surface area contributed by atoms with E-state index in [0.717, 1.165) is 12.8 Å². The predicted octanol–water partition coefficient (Wildman–Crippen LogP) is 3.58. The molecule has 0 bridgehead atoms. The average molecular weight is 376 g/mol. The Bertz CT molecular complexity index is 573. The quantitative estimate of drug-likeness (QED) is 0.453. The highest BCUT2D eigenvalue weighted by molar-refractivity contribution is 5.84. The van der Waals surface area contributed by atoms with E-state index in [2.05, 4.69) is 19.1 Å². The second kappa shape index (κ2) is 13.2. The minimum Gasteiger partial charge on any atom is -0.481 e. The third-order valence-electron chi connectivity index (χ3n) is 4.59. The van der Waals surface area contributed by atoms with Crippen LogP contribution in [0.15, 0.2) is 48.6 Å². The highest BCUT2D eigenvalue weighted by Gasteiger charge is 2.39. The fourth-order valence-electron chi connectivity index (χ4n) is 3.10. The van der Waals surface area contributed by atoms with E-state index in [1.54, 1.807) is 18.2 Å². The van der Waals surface area contributed by atoms with Crippen molar-refractivity contribution in [1.82, 2.24) is 0 Å². The van der Waals surface area contributed by atoms with Crippen LogP contribution in [0.3, 0.4) is 0 Å². The Morgan fingerprint density at radius 3 is 2.63 bits per heavy atom. The van der Waals surface area contributed by atoms with E-state index in [1.165, 1.54) is 0 Å². The van der Waals surface area contributed by atoms with Crippen molar-refractivity contribution in [3.05, 3.63) is 48.6 Å². The van der Waals surface area contributed by atoms with Gasteiger partial charge in [0.05, 0.1) is 12.2 Å². The maximum atomic E-state index is 12.1. The number of Topliss-reactive ketones (excluding diaryl/α,β-unsaturated/α-hetero) is 1. The van der Waals surface area contributed by atoms with Crippen molar-refractivity contribution >= 4 is 11.8 Å². The van der Waals surface area contributed by atoms with Gasteiger partial charge in [-0.05, 0) is 32.1 Å². The monoisotopic (exact) mass is 376 g/mol. The molecule has 0 aromatic heterocycles. The third-order valence-corrected chi connectivity index (χ3v) is 4.59. The lowest BCUT2D eigenvalue weighted by molar-refractivity contribution is -0.136. The number of carboxylic acids is 1. The first kappa shape index (κ1) is 23.1. The number of aliphatic carboxylic acids is 1. The summed E-state index contributed by atoms with van der Waals surface area (Å²) in [5, 5.41) is 28.8. The summed E-state index contributed by atoms with van der Waals surface area (Å²) in [5.74, 6) is -1.47. The molecule has 0 heterocycles. The van der Waals surface area contributed by atoms with E-state index < -0.39 is 18.2 Å². The zero-order chi connectivity index (χ0) is 20.1. The van der Waals surface area contributed by atoms with Crippen LogP contribution in [0, 0.1) is 11.8 Å². The highest BCUT2D eigenvalue weighted by atomic mass is 16.4. The molecule has 0 radical (unpaired) electrons. The molecule has 0 aromatic carbocycles. The second-order valence-corrected chi connectivity index (χ2v) is 6.84. The molecule has 1 aliphatic rings. The number of carboxylic acid groups (broad SMARTS) is 1. The number of ketones is 1. The van der Waals surface area contributed by atoms with Crippen LogP contribution in [0.5, 0.6) is 0 Å². The van der Waals surface area contributed by atoms with Gasteiger partial charge in [0, 0.05) is 24.7 Å². The lowest BCUT2D eigenvalue weighted by Crippen LogP contribution is -2.18. The number of allylic oxidation sites excluding steroid dienone is 5. The lowest BCUT2D eigenvalue weighted by Gasteiger charge is -2.16. The number of hydrogen-bond acceptors (Lipinski definition) is 4. The van der Waals surface area contributed by atoms with Crippen LogP contribution in [0.1, 0.15) is 51.9 Å². The van der Waals surface area contributed by atoms with Gasteiger partial charge >= 0.3 is 5.97 Å². The Balaban J connectivity index is 2.50. The van der Waals surface area contributed by atoms with Crippen LogP contribution in [0.4, 0.5) is 0 Å². The van der Waals surface area contributed by atoms with Crippen molar-refractivity contribution in [2.24, 2.45) is 11.8 Å². The summed E-state index contributed by atoms with van der Waals surface area (Å²) in [6.07, 6.45) is 17.1. The van der Waals surface area contributed by atoms with Gasteiger partial charge in [0.2, 0.25) is 0 Å². The van der Waals surface area contributed by atoms with E-state index >= 15 is 0 Å². The van der Waals surface area contributed by atoms with Gasteiger partial charge in [-0.15, -0.1) is 0 Å². The van der Waals surface area contributed by atoms with Crippen LogP contribution in [-0.4, -0.2) is 39.3 Å². The Hall–Kier alpha value is -1.98. The molecule has 4 atom stereocenters. The van der Waals surface area contributed by atoms with Gasteiger partial charge in [-0.2, -0.15) is 0 Å². The molecule has 1 rings (SSSR count). The molecule has 0 spiro atoms. The lowest BCUT2D eigenvalue weighted by atomic mass is 9.90. The smallest absolute Gasteiger partial charge is 0.303 e. The molecule has 3 N–H and O–H groups in total. The number of aliphatic hydroxyl groups is 2. The van der Waals surface area contributed by atoms with Crippen LogP contribution in [0.2, 0.25) is 0 Å². The van der Waals surface area contributed by atoms with Crippen molar-refractivity contribution in [3.63, 3.8) is 0 Å². The van der Waals surface area contributed by atoms with Crippen molar-refractivity contribution in [3.8, 4) is 0 Å². The van der Waals surface area contributed by atoms with Crippen molar-refractivity contribution in [1.29, 1.82) is 0 Å². The summed E-state index contributed by atoms with van der Waals surface area (Å²) in [6, 6.07) is 0. The van der Waals surface area contributed by atoms with Gasteiger partial charge in [0.1, 0.15) is 5.78 Å². The molecule has 4 unspecified atom stereocenters. The summed E-state index contributed by atoms with van der Waals surface area (Å²) < 4.78 is 0.